The van der Waals surface area contributed by atoms with Gasteiger partial charge >= 0.3 is 0 Å². The summed E-state index contributed by atoms with van der Waals surface area (Å²) in [7, 11) is 0. The van der Waals surface area contributed by atoms with Gasteiger partial charge in [-0.1, -0.05) is 40.2 Å². The number of amides is 2. The Morgan fingerprint density at radius 1 is 1.12 bits per heavy atom. The van der Waals surface area contributed by atoms with Gasteiger partial charge in [-0.3, -0.25) is 9.59 Å². The second-order valence-corrected chi connectivity index (χ2v) is 7.16. The summed E-state index contributed by atoms with van der Waals surface area (Å²) < 4.78 is 6.49. The molecule has 0 bridgehead atoms. The summed E-state index contributed by atoms with van der Waals surface area (Å²) >= 11 is 3.38. The van der Waals surface area contributed by atoms with Crippen molar-refractivity contribution in [1.82, 2.24) is 5.32 Å². The van der Waals surface area contributed by atoms with Gasteiger partial charge in [-0.15, -0.1) is 0 Å². The van der Waals surface area contributed by atoms with Crippen LogP contribution < -0.4 is 10.6 Å². The van der Waals surface area contributed by atoms with Crippen molar-refractivity contribution in [3.63, 3.8) is 0 Å². The summed E-state index contributed by atoms with van der Waals surface area (Å²) in [4.78, 5) is 24.8. The highest BCUT2D eigenvalue weighted by Gasteiger charge is 2.18. The van der Waals surface area contributed by atoms with Crippen molar-refractivity contribution in [1.29, 1.82) is 0 Å². The SMILES string of the molecule is O=C(Cc1ccc(Br)cc1)Nc1ccccc1C(=O)NC[C@@H]1CCCO1. The zero-order valence-electron chi connectivity index (χ0n) is 14.3. The molecule has 0 unspecified atom stereocenters. The normalized spacial score (nSPS) is 16.3. The van der Waals surface area contributed by atoms with E-state index < -0.39 is 0 Å². The van der Waals surface area contributed by atoms with Crippen LogP contribution in [0.1, 0.15) is 28.8 Å². The van der Waals surface area contributed by atoms with E-state index in [1.165, 1.54) is 0 Å². The molecule has 0 aromatic heterocycles. The third kappa shape index (κ3) is 5.16. The Morgan fingerprint density at radius 2 is 1.88 bits per heavy atom. The van der Waals surface area contributed by atoms with Gasteiger partial charge in [0.05, 0.1) is 23.8 Å². The number of carbonyl (C=O) groups is 2. The summed E-state index contributed by atoms with van der Waals surface area (Å²) in [6, 6.07) is 14.6. The molecule has 5 nitrogen and oxygen atoms in total. The smallest absolute Gasteiger partial charge is 0.253 e. The van der Waals surface area contributed by atoms with Crippen molar-refractivity contribution in [2.45, 2.75) is 25.4 Å². The number of halogens is 1. The molecule has 1 aliphatic rings. The second-order valence-electron chi connectivity index (χ2n) is 6.24. The number of ether oxygens (including phenoxy) is 1. The van der Waals surface area contributed by atoms with E-state index in [0.717, 1.165) is 29.5 Å². The first-order chi connectivity index (χ1) is 12.6. The summed E-state index contributed by atoms with van der Waals surface area (Å²) in [5, 5.41) is 5.73. The molecule has 1 atom stereocenters. The quantitative estimate of drug-likeness (QED) is 0.756. The maximum Gasteiger partial charge on any atom is 0.253 e. The summed E-state index contributed by atoms with van der Waals surface area (Å²) in [5.74, 6) is -0.369. The van der Waals surface area contributed by atoms with E-state index in [1.807, 2.05) is 24.3 Å². The minimum absolute atomic E-state index is 0.0816. The second kappa shape index (κ2) is 8.96. The summed E-state index contributed by atoms with van der Waals surface area (Å²) in [6.45, 7) is 1.24. The molecule has 2 N–H and O–H groups in total. The molecule has 0 spiro atoms. The predicted octanol–water partition coefficient (Wildman–Crippen LogP) is 3.54. The van der Waals surface area contributed by atoms with Gasteiger partial charge in [0, 0.05) is 17.6 Å². The van der Waals surface area contributed by atoms with Crippen molar-refractivity contribution in [2.24, 2.45) is 0 Å². The predicted molar refractivity (Wildman–Crippen MR) is 104 cm³/mol. The Morgan fingerprint density at radius 3 is 2.62 bits per heavy atom. The number of rotatable bonds is 6. The van der Waals surface area contributed by atoms with Gasteiger partial charge in [-0.2, -0.15) is 0 Å². The highest BCUT2D eigenvalue weighted by atomic mass is 79.9. The molecule has 0 radical (unpaired) electrons. The lowest BCUT2D eigenvalue weighted by Crippen LogP contribution is -2.32. The van der Waals surface area contributed by atoms with Crippen LogP contribution in [0.5, 0.6) is 0 Å². The van der Waals surface area contributed by atoms with Crippen LogP contribution in [0.15, 0.2) is 53.0 Å². The van der Waals surface area contributed by atoms with Gasteiger partial charge in [-0.25, -0.2) is 0 Å². The molecule has 3 rings (SSSR count). The third-order valence-electron chi connectivity index (χ3n) is 4.24. The molecule has 0 aliphatic carbocycles. The molecule has 0 saturated carbocycles. The molecule has 26 heavy (non-hydrogen) atoms. The molecular weight excluding hydrogens is 396 g/mol. The zero-order chi connectivity index (χ0) is 18.4. The van der Waals surface area contributed by atoms with Crippen LogP contribution in [-0.2, 0) is 16.0 Å². The first kappa shape index (κ1) is 18.6. The van der Waals surface area contributed by atoms with Crippen LogP contribution in [0.25, 0.3) is 0 Å². The van der Waals surface area contributed by atoms with Gasteiger partial charge < -0.3 is 15.4 Å². The van der Waals surface area contributed by atoms with Crippen molar-refractivity contribution in [3.05, 3.63) is 64.1 Å². The highest BCUT2D eigenvalue weighted by molar-refractivity contribution is 9.10. The standard InChI is InChI=1S/C20H21BrN2O3/c21-15-9-7-14(8-10-15)12-19(24)23-18-6-2-1-5-17(18)20(25)22-13-16-4-3-11-26-16/h1-2,5-10,16H,3-4,11-13H2,(H,22,25)(H,23,24)/t16-/m0/s1. The molecular formula is C20H21BrN2O3. The monoisotopic (exact) mass is 416 g/mol. The maximum absolute atomic E-state index is 12.5. The highest BCUT2D eigenvalue weighted by Crippen LogP contribution is 2.17. The lowest BCUT2D eigenvalue weighted by Gasteiger charge is -2.14. The van der Waals surface area contributed by atoms with Crippen molar-refractivity contribution >= 4 is 33.4 Å². The molecule has 2 amide bonds. The van der Waals surface area contributed by atoms with Crippen LogP contribution in [0.4, 0.5) is 5.69 Å². The van der Waals surface area contributed by atoms with Crippen LogP contribution in [0.2, 0.25) is 0 Å². The lowest BCUT2D eigenvalue weighted by atomic mass is 10.1. The molecule has 1 heterocycles. The molecule has 1 fully saturated rings. The maximum atomic E-state index is 12.5. The van der Waals surface area contributed by atoms with Crippen LogP contribution in [-0.4, -0.2) is 31.1 Å². The van der Waals surface area contributed by atoms with E-state index in [9.17, 15) is 9.59 Å². The number of anilines is 1. The number of para-hydroxylation sites is 1. The van der Waals surface area contributed by atoms with E-state index in [1.54, 1.807) is 24.3 Å². The molecule has 6 heteroatoms. The van der Waals surface area contributed by atoms with Crippen LogP contribution in [0, 0.1) is 0 Å². The van der Waals surface area contributed by atoms with Gasteiger partial charge in [0.2, 0.25) is 5.91 Å². The topological polar surface area (TPSA) is 67.4 Å². The van der Waals surface area contributed by atoms with Crippen LogP contribution >= 0.6 is 15.9 Å². The Kier molecular flexibility index (Phi) is 6.41. The van der Waals surface area contributed by atoms with Gasteiger partial charge in [0.15, 0.2) is 0 Å². The van der Waals surface area contributed by atoms with E-state index in [4.69, 9.17) is 4.74 Å². The van der Waals surface area contributed by atoms with Gasteiger partial charge in [-0.05, 0) is 42.7 Å². The van der Waals surface area contributed by atoms with Gasteiger partial charge in [0.1, 0.15) is 0 Å². The van der Waals surface area contributed by atoms with Crippen LogP contribution in [0.3, 0.4) is 0 Å². The van der Waals surface area contributed by atoms with E-state index in [0.29, 0.717) is 17.8 Å². The average Bonchev–Trinajstić information content (AvgIpc) is 3.16. The molecule has 2 aromatic carbocycles. The van der Waals surface area contributed by atoms with E-state index in [-0.39, 0.29) is 24.3 Å². The summed E-state index contributed by atoms with van der Waals surface area (Å²) in [6.07, 6.45) is 2.33. The minimum atomic E-state index is -0.208. The Balaban J connectivity index is 1.61. The van der Waals surface area contributed by atoms with Gasteiger partial charge in [0.25, 0.3) is 5.91 Å². The van der Waals surface area contributed by atoms with E-state index in [2.05, 4.69) is 26.6 Å². The Labute approximate surface area is 161 Å². The fourth-order valence-electron chi connectivity index (χ4n) is 2.88. The fraction of sp³-hybridized carbons (Fsp3) is 0.300. The fourth-order valence-corrected chi connectivity index (χ4v) is 3.14. The molecule has 1 saturated heterocycles. The molecule has 1 aliphatic heterocycles. The minimum Gasteiger partial charge on any atom is -0.376 e. The number of nitrogens with one attached hydrogen (secondary N) is 2. The van der Waals surface area contributed by atoms with Crippen molar-refractivity contribution in [3.8, 4) is 0 Å². The summed E-state index contributed by atoms with van der Waals surface area (Å²) in [5.41, 5.74) is 1.88. The Bertz CT molecular complexity index is 771. The Hall–Kier alpha value is -2.18. The molecule has 136 valence electrons. The number of benzene rings is 2. The van der Waals surface area contributed by atoms with Crippen molar-refractivity contribution < 1.29 is 14.3 Å². The van der Waals surface area contributed by atoms with E-state index >= 15 is 0 Å². The van der Waals surface area contributed by atoms with Crippen molar-refractivity contribution in [2.75, 3.05) is 18.5 Å². The number of hydrogen-bond donors (Lipinski definition) is 2. The number of carbonyl (C=O) groups excluding carboxylic acids is 2. The first-order valence-electron chi connectivity index (χ1n) is 8.65. The average molecular weight is 417 g/mol. The number of hydrogen-bond acceptors (Lipinski definition) is 3. The first-order valence-corrected chi connectivity index (χ1v) is 9.44. The third-order valence-corrected chi connectivity index (χ3v) is 4.77. The lowest BCUT2D eigenvalue weighted by molar-refractivity contribution is -0.115. The zero-order valence-corrected chi connectivity index (χ0v) is 15.9. The molecule has 2 aromatic rings. The largest absolute Gasteiger partial charge is 0.376 e.